The maximum Gasteiger partial charge on any atom is 0.155 e. The zero-order chi connectivity index (χ0) is 13.0. The Labute approximate surface area is 105 Å². The molecule has 0 saturated heterocycles. The Morgan fingerprint density at radius 3 is 2.44 bits per heavy atom. The summed E-state index contributed by atoms with van der Waals surface area (Å²) >= 11 is 0. The lowest BCUT2D eigenvalue weighted by Crippen LogP contribution is -2.25. The van der Waals surface area contributed by atoms with Crippen molar-refractivity contribution in [2.45, 2.75) is 6.92 Å². The van der Waals surface area contributed by atoms with Gasteiger partial charge in [-0.15, -0.1) is 0 Å². The lowest BCUT2D eigenvalue weighted by molar-refractivity contribution is 1.06. The van der Waals surface area contributed by atoms with Crippen molar-refractivity contribution in [3.05, 3.63) is 58.9 Å². The molecule has 0 saturated carbocycles. The van der Waals surface area contributed by atoms with Gasteiger partial charge in [-0.3, -0.25) is 0 Å². The molecule has 0 fully saturated rings. The molecule has 1 aliphatic rings. The van der Waals surface area contributed by atoms with Gasteiger partial charge in [0.1, 0.15) is 18.0 Å². The van der Waals surface area contributed by atoms with Crippen LogP contribution in [0.3, 0.4) is 0 Å². The summed E-state index contributed by atoms with van der Waals surface area (Å²) in [6.07, 6.45) is 1.69. The molecular formula is C14H10N4. The number of benzene rings is 1. The first-order chi connectivity index (χ1) is 8.74. The van der Waals surface area contributed by atoms with Gasteiger partial charge in [0.25, 0.3) is 0 Å². The van der Waals surface area contributed by atoms with Crippen LogP contribution in [-0.2, 0) is 0 Å². The first-order valence-corrected chi connectivity index (χ1v) is 5.38. The third-order valence-electron chi connectivity index (χ3n) is 2.43. The number of aliphatic imine (C=N–C) groups is 1. The van der Waals surface area contributed by atoms with Gasteiger partial charge in [-0.25, -0.2) is 4.99 Å². The lowest BCUT2D eigenvalue weighted by Gasteiger charge is -2.15. The van der Waals surface area contributed by atoms with Crippen LogP contribution in [0, 0.1) is 22.7 Å². The van der Waals surface area contributed by atoms with E-state index in [1.807, 2.05) is 49.4 Å². The van der Waals surface area contributed by atoms with E-state index in [4.69, 9.17) is 10.5 Å². The number of rotatable bonds is 1. The van der Waals surface area contributed by atoms with Crippen molar-refractivity contribution in [2.24, 2.45) is 4.99 Å². The van der Waals surface area contributed by atoms with Crippen LogP contribution in [0.15, 0.2) is 58.4 Å². The second-order valence-corrected chi connectivity index (χ2v) is 3.76. The summed E-state index contributed by atoms with van der Waals surface area (Å²) in [4.78, 5) is 4.31. The Hall–Kier alpha value is -2.85. The van der Waals surface area contributed by atoms with E-state index in [-0.39, 0.29) is 5.57 Å². The molecule has 1 aliphatic heterocycles. The fourth-order valence-electron chi connectivity index (χ4n) is 1.61. The molecule has 86 valence electrons. The number of amidine groups is 1. The molecule has 1 heterocycles. The zero-order valence-corrected chi connectivity index (χ0v) is 9.81. The Morgan fingerprint density at radius 2 is 1.83 bits per heavy atom. The third kappa shape index (κ3) is 2.28. The van der Waals surface area contributed by atoms with Crippen molar-refractivity contribution in [1.82, 2.24) is 5.32 Å². The smallest absolute Gasteiger partial charge is 0.155 e. The molecule has 2 rings (SSSR count). The highest BCUT2D eigenvalue weighted by atomic mass is 15.0. The lowest BCUT2D eigenvalue weighted by atomic mass is 10.1. The van der Waals surface area contributed by atoms with Crippen LogP contribution in [0.25, 0.3) is 0 Å². The second-order valence-electron chi connectivity index (χ2n) is 3.76. The summed E-state index contributed by atoms with van der Waals surface area (Å²) in [6, 6.07) is 13.3. The molecule has 18 heavy (non-hydrogen) atoms. The summed E-state index contributed by atoms with van der Waals surface area (Å²) < 4.78 is 0. The Bertz CT molecular complexity index is 621. The number of allylic oxidation sites excluding steroid dienone is 3. The molecule has 0 bridgehead atoms. The largest absolute Gasteiger partial charge is 0.343 e. The van der Waals surface area contributed by atoms with Crippen LogP contribution >= 0.6 is 0 Å². The summed E-state index contributed by atoms with van der Waals surface area (Å²) in [5, 5.41) is 20.9. The van der Waals surface area contributed by atoms with E-state index in [1.54, 1.807) is 6.08 Å². The second kappa shape index (κ2) is 4.99. The normalized spacial score (nSPS) is 13.6. The van der Waals surface area contributed by atoms with E-state index in [0.717, 1.165) is 11.3 Å². The predicted octanol–water partition coefficient (Wildman–Crippen LogP) is 2.24. The number of nitrogens with one attached hydrogen (secondary N) is 1. The average Bonchev–Trinajstić information content (AvgIpc) is 2.40. The minimum atomic E-state index is 0.0179. The van der Waals surface area contributed by atoms with Gasteiger partial charge in [-0.2, -0.15) is 10.5 Å². The first-order valence-electron chi connectivity index (χ1n) is 5.38. The number of nitriles is 2. The van der Waals surface area contributed by atoms with E-state index in [0.29, 0.717) is 11.5 Å². The SMILES string of the molecule is CC1=CC(=C(C#N)C#N)N=C(c2ccccc2)N1. The fourth-order valence-corrected chi connectivity index (χ4v) is 1.61. The van der Waals surface area contributed by atoms with Crippen molar-refractivity contribution in [3.63, 3.8) is 0 Å². The van der Waals surface area contributed by atoms with Gasteiger partial charge in [-0.05, 0) is 13.0 Å². The van der Waals surface area contributed by atoms with Crippen LogP contribution in [0.2, 0.25) is 0 Å². The van der Waals surface area contributed by atoms with Gasteiger partial charge < -0.3 is 5.32 Å². The van der Waals surface area contributed by atoms with Gasteiger partial charge in [0.05, 0.1) is 5.70 Å². The summed E-state index contributed by atoms with van der Waals surface area (Å²) in [6.45, 7) is 1.87. The minimum Gasteiger partial charge on any atom is -0.343 e. The maximum atomic E-state index is 8.87. The van der Waals surface area contributed by atoms with Crippen LogP contribution in [0.4, 0.5) is 0 Å². The van der Waals surface area contributed by atoms with Gasteiger partial charge in [0, 0.05) is 11.3 Å². The maximum absolute atomic E-state index is 8.87. The van der Waals surface area contributed by atoms with Crippen molar-refractivity contribution >= 4 is 5.84 Å². The van der Waals surface area contributed by atoms with E-state index in [2.05, 4.69) is 10.3 Å². The standard InChI is InChI=1S/C14H10N4/c1-10-7-13(12(8-15)9-16)18-14(17-10)11-5-3-2-4-6-11/h2-7H,1H3,(H,17,18). The molecule has 0 spiro atoms. The van der Waals surface area contributed by atoms with Gasteiger partial charge in [0.15, 0.2) is 5.57 Å². The molecule has 1 N–H and O–H groups in total. The number of hydrogen-bond donors (Lipinski definition) is 1. The molecule has 0 radical (unpaired) electrons. The van der Waals surface area contributed by atoms with Crippen molar-refractivity contribution in [2.75, 3.05) is 0 Å². The highest BCUT2D eigenvalue weighted by molar-refractivity contribution is 6.01. The van der Waals surface area contributed by atoms with Gasteiger partial charge >= 0.3 is 0 Å². The fraction of sp³-hybridized carbons (Fsp3) is 0.0714. The Balaban J connectivity index is 2.51. The topological polar surface area (TPSA) is 72.0 Å². The summed E-state index contributed by atoms with van der Waals surface area (Å²) in [7, 11) is 0. The summed E-state index contributed by atoms with van der Waals surface area (Å²) in [5.74, 6) is 0.647. The Kier molecular flexibility index (Phi) is 3.22. The van der Waals surface area contributed by atoms with Gasteiger partial charge in [0.2, 0.25) is 0 Å². The molecule has 0 amide bonds. The highest BCUT2D eigenvalue weighted by Crippen LogP contribution is 2.15. The van der Waals surface area contributed by atoms with Crippen molar-refractivity contribution in [3.8, 4) is 12.1 Å². The molecule has 0 unspecified atom stereocenters. The van der Waals surface area contributed by atoms with Crippen LogP contribution in [-0.4, -0.2) is 5.84 Å². The molecule has 1 aromatic carbocycles. The number of hydrogen-bond acceptors (Lipinski definition) is 4. The number of nitrogens with zero attached hydrogens (tertiary/aromatic N) is 3. The van der Waals surface area contributed by atoms with E-state index in [9.17, 15) is 0 Å². The van der Waals surface area contributed by atoms with E-state index >= 15 is 0 Å². The molecule has 0 aromatic heterocycles. The van der Waals surface area contributed by atoms with Crippen molar-refractivity contribution < 1.29 is 0 Å². The van der Waals surface area contributed by atoms with E-state index < -0.39 is 0 Å². The Morgan fingerprint density at radius 1 is 1.17 bits per heavy atom. The van der Waals surface area contributed by atoms with Crippen LogP contribution < -0.4 is 5.32 Å². The van der Waals surface area contributed by atoms with Crippen molar-refractivity contribution in [1.29, 1.82) is 10.5 Å². The van der Waals surface area contributed by atoms with Crippen LogP contribution in [0.1, 0.15) is 12.5 Å². The molecule has 4 heteroatoms. The third-order valence-corrected chi connectivity index (χ3v) is 2.43. The first kappa shape index (κ1) is 11.6. The monoisotopic (exact) mass is 234 g/mol. The van der Waals surface area contributed by atoms with E-state index in [1.165, 1.54) is 0 Å². The average molecular weight is 234 g/mol. The molecule has 0 atom stereocenters. The minimum absolute atomic E-state index is 0.0179. The molecular weight excluding hydrogens is 224 g/mol. The molecule has 1 aromatic rings. The predicted molar refractivity (Wildman–Crippen MR) is 68.1 cm³/mol. The quantitative estimate of drug-likeness (QED) is 0.757. The zero-order valence-electron chi connectivity index (χ0n) is 9.81. The molecule has 4 nitrogen and oxygen atoms in total. The summed E-state index contributed by atoms with van der Waals surface area (Å²) in [5.41, 5.74) is 2.18. The highest BCUT2D eigenvalue weighted by Gasteiger charge is 2.12. The van der Waals surface area contributed by atoms with Crippen LogP contribution in [0.5, 0.6) is 0 Å². The molecule has 0 aliphatic carbocycles. The van der Waals surface area contributed by atoms with Gasteiger partial charge in [-0.1, -0.05) is 30.3 Å².